The van der Waals surface area contributed by atoms with Crippen LogP contribution in [0.1, 0.15) is 15.9 Å². The fourth-order valence-corrected chi connectivity index (χ4v) is 1.99. The van der Waals surface area contributed by atoms with Crippen molar-refractivity contribution >= 4 is 11.6 Å². The number of nitrogens with one attached hydrogen (secondary N) is 1. The van der Waals surface area contributed by atoms with Crippen molar-refractivity contribution in [3.8, 4) is 11.5 Å². The first kappa shape index (κ1) is 14.7. The van der Waals surface area contributed by atoms with Crippen LogP contribution in [0.25, 0.3) is 0 Å². The second-order valence-electron chi connectivity index (χ2n) is 4.45. The number of methoxy groups -OCH3 is 2. The van der Waals surface area contributed by atoms with E-state index in [9.17, 15) is 4.79 Å². The Morgan fingerprint density at radius 2 is 1.90 bits per heavy atom. The average molecular weight is 286 g/mol. The van der Waals surface area contributed by atoms with Gasteiger partial charge in [-0.2, -0.15) is 0 Å². The van der Waals surface area contributed by atoms with Crippen LogP contribution in [0, 0.1) is 0 Å². The van der Waals surface area contributed by atoms with Gasteiger partial charge in [-0.3, -0.25) is 4.79 Å². The lowest BCUT2D eigenvalue weighted by atomic mass is 10.1. The second kappa shape index (κ2) is 6.65. The molecule has 0 aliphatic carbocycles. The molecule has 0 spiro atoms. The van der Waals surface area contributed by atoms with Gasteiger partial charge in [0.25, 0.3) is 5.91 Å². The molecule has 0 unspecified atom stereocenters. The van der Waals surface area contributed by atoms with Crippen LogP contribution in [0.3, 0.4) is 0 Å². The Kier molecular flexibility index (Phi) is 4.66. The number of hydrogen-bond acceptors (Lipinski definition) is 4. The monoisotopic (exact) mass is 286 g/mol. The number of amides is 1. The summed E-state index contributed by atoms with van der Waals surface area (Å²) in [6.45, 7) is 0.327. The Bertz CT molecular complexity index is 641. The van der Waals surface area contributed by atoms with Gasteiger partial charge in [0.15, 0.2) is 0 Å². The van der Waals surface area contributed by atoms with Gasteiger partial charge in [-0.15, -0.1) is 0 Å². The van der Waals surface area contributed by atoms with E-state index in [4.69, 9.17) is 15.2 Å². The largest absolute Gasteiger partial charge is 0.497 e. The molecule has 0 saturated carbocycles. The van der Waals surface area contributed by atoms with Crippen molar-refractivity contribution in [2.24, 2.45) is 0 Å². The van der Waals surface area contributed by atoms with Crippen molar-refractivity contribution in [1.29, 1.82) is 0 Å². The molecule has 0 aliphatic heterocycles. The van der Waals surface area contributed by atoms with Crippen LogP contribution in [0.2, 0.25) is 0 Å². The van der Waals surface area contributed by atoms with Gasteiger partial charge >= 0.3 is 0 Å². The summed E-state index contributed by atoms with van der Waals surface area (Å²) in [5, 5.41) is 2.83. The van der Waals surface area contributed by atoms with Gasteiger partial charge in [-0.25, -0.2) is 0 Å². The summed E-state index contributed by atoms with van der Waals surface area (Å²) in [6.07, 6.45) is 0. The molecule has 5 heteroatoms. The van der Waals surface area contributed by atoms with E-state index in [0.717, 1.165) is 5.56 Å². The zero-order valence-corrected chi connectivity index (χ0v) is 12.1. The van der Waals surface area contributed by atoms with Crippen molar-refractivity contribution in [3.05, 3.63) is 53.6 Å². The van der Waals surface area contributed by atoms with E-state index < -0.39 is 0 Å². The summed E-state index contributed by atoms with van der Waals surface area (Å²) < 4.78 is 10.5. The van der Waals surface area contributed by atoms with E-state index in [1.165, 1.54) is 0 Å². The number of carbonyl (C=O) groups excluding carboxylic acids is 1. The van der Waals surface area contributed by atoms with Crippen LogP contribution in [-0.2, 0) is 6.54 Å². The van der Waals surface area contributed by atoms with Crippen molar-refractivity contribution in [3.63, 3.8) is 0 Å². The van der Waals surface area contributed by atoms with Crippen molar-refractivity contribution in [2.75, 3.05) is 20.0 Å². The third-order valence-corrected chi connectivity index (χ3v) is 3.13. The number of benzene rings is 2. The van der Waals surface area contributed by atoms with Gasteiger partial charge in [-0.1, -0.05) is 12.1 Å². The normalized spacial score (nSPS) is 10.0. The van der Waals surface area contributed by atoms with E-state index in [1.54, 1.807) is 50.6 Å². The number of ether oxygens (including phenoxy) is 2. The molecule has 1 amide bonds. The molecule has 3 N–H and O–H groups in total. The number of rotatable bonds is 5. The second-order valence-corrected chi connectivity index (χ2v) is 4.45. The molecule has 0 aliphatic rings. The van der Waals surface area contributed by atoms with Crippen LogP contribution in [0.5, 0.6) is 11.5 Å². The standard InChI is InChI=1S/C16H18N2O3/c1-20-12-7-8-15(21-2)11(9-12)10-18-16(19)13-5-3-4-6-14(13)17/h3-9H,10,17H2,1-2H3,(H,18,19). The molecule has 0 aromatic heterocycles. The zero-order chi connectivity index (χ0) is 15.2. The molecule has 2 aromatic rings. The lowest BCUT2D eigenvalue weighted by Gasteiger charge is -2.12. The number of anilines is 1. The minimum Gasteiger partial charge on any atom is -0.497 e. The Morgan fingerprint density at radius 3 is 2.57 bits per heavy atom. The number of nitrogens with two attached hydrogens (primary N) is 1. The van der Waals surface area contributed by atoms with Crippen LogP contribution in [0.4, 0.5) is 5.69 Å². The summed E-state index contributed by atoms with van der Waals surface area (Å²) >= 11 is 0. The molecular weight excluding hydrogens is 268 g/mol. The Balaban J connectivity index is 2.12. The van der Waals surface area contributed by atoms with Gasteiger partial charge in [-0.05, 0) is 30.3 Å². The highest BCUT2D eigenvalue weighted by Crippen LogP contribution is 2.24. The van der Waals surface area contributed by atoms with E-state index in [0.29, 0.717) is 29.3 Å². The quantitative estimate of drug-likeness (QED) is 0.827. The summed E-state index contributed by atoms with van der Waals surface area (Å²) in [7, 11) is 3.18. The Hall–Kier alpha value is -2.69. The lowest BCUT2D eigenvalue weighted by molar-refractivity contribution is 0.0951. The van der Waals surface area contributed by atoms with E-state index in [-0.39, 0.29) is 5.91 Å². The highest BCUT2D eigenvalue weighted by molar-refractivity contribution is 5.99. The third kappa shape index (κ3) is 3.45. The predicted octanol–water partition coefficient (Wildman–Crippen LogP) is 2.22. The van der Waals surface area contributed by atoms with Crippen LogP contribution in [-0.4, -0.2) is 20.1 Å². The first-order valence-corrected chi connectivity index (χ1v) is 6.49. The summed E-state index contributed by atoms with van der Waals surface area (Å²) in [6, 6.07) is 12.4. The SMILES string of the molecule is COc1ccc(OC)c(CNC(=O)c2ccccc2N)c1. The smallest absolute Gasteiger partial charge is 0.253 e. The van der Waals surface area contributed by atoms with Crippen LogP contribution < -0.4 is 20.5 Å². The molecule has 2 aromatic carbocycles. The molecular formula is C16H18N2O3. The number of carbonyl (C=O) groups is 1. The summed E-state index contributed by atoms with van der Waals surface area (Å²) in [5.41, 5.74) is 7.53. The average Bonchev–Trinajstić information content (AvgIpc) is 2.52. The molecule has 0 fully saturated rings. The third-order valence-electron chi connectivity index (χ3n) is 3.13. The van der Waals surface area contributed by atoms with E-state index in [1.807, 2.05) is 6.07 Å². The first-order chi connectivity index (χ1) is 10.2. The van der Waals surface area contributed by atoms with Crippen LogP contribution in [0.15, 0.2) is 42.5 Å². The highest BCUT2D eigenvalue weighted by Gasteiger charge is 2.10. The highest BCUT2D eigenvalue weighted by atomic mass is 16.5. The van der Waals surface area contributed by atoms with Crippen LogP contribution >= 0.6 is 0 Å². The van der Waals surface area contributed by atoms with E-state index in [2.05, 4.69) is 5.32 Å². The predicted molar refractivity (Wildman–Crippen MR) is 81.6 cm³/mol. The summed E-state index contributed by atoms with van der Waals surface area (Å²) in [5.74, 6) is 1.18. The van der Waals surface area contributed by atoms with Gasteiger partial charge in [0.2, 0.25) is 0 Å². The molecule has 0 heterocycles. The summed E-state index contributed by atoms with van der Waals surface area (Å²) in [4.78, 5) is 12.1. The fraction of sp³-hybridized carbons (Fsp3) is 0.188. The molecule has 0 atom stereocenters. The van der Waals surface area contributed by atoms with Gasteiger partial charge in [0.05, 0.1) is 19.8 Å². The minimum atomic E-state index is -0.224. The molecule has 110 valence electrons. The molecule has 5 nitrogen and oxygen atoms in total. The number of hydrogen-bond donors (Lipinski definition) is 2. The Labute approximate surface area is 123 Å². The maximum absolute atomic E-state index is 12.1. The van der Waals surface area contributed by atoms with E-state index >= 15 is 0 Å². The number of nitrogen functional groups attached to an aromatic ring is 1. The first-order valence-electron chi connectivity index (χ1n) is 6.49. The lowest BCUT2D eigenvalue weighted by Crippen LogP contribution is -2.24. The topological polar surface area (TPSA) is 73.6 Å². The minimum absolute atomic E-state index is 0.224. The molecule has 21 heavy (non-hydrogen) atoms. The molecule has 2 rings (SSSR count). The zero-order valence-electron chi connectivity index (χ0n) is 12.1. The van der Waals surface area contributed by atoms with Crippen molar-refractivity contribution in [2.45, 2.75) is 6.54 Å². The maximum Gasteiger partial charge on any atom is 0.253 e. The van der Waals surface area contributed by atoms with Gasteiger partial charge in [0, 0.05) is 17.8 Å². The Morgan fingerprint density at radius 1 is 1.14 bits per heavy atom. The van der Waals surface area contributed by atoms with Crippen molar-refractivity contribution < 1.29 is 14.3 Å². The van der Waals surface area contributed by atoms with Gasteiger partial charge in [0.1, 0.15) is 11.5 Å². The molecule has 0 radical (unpaired) electrons. The maximum atomic E-state index is 12.1. The van der Waals surface area contributed by atoms with Gasteiger partial charge < -0.3 is 20.5 Å². The van der Waals surface area contributed by atoms with Crippen molar-refractivity contribution in [1.82, 2.24) is 5.32 Å². The molecule has 0 bridgehead atoms. The number of para-hydroxylation sites is 1. The molecule has 0 saturated heterocycles. The fourth-order valence-electron chi connectivity index (χ4n) is 1.99.